The summed E-state index contributed by atoms with van der Waals surface area (Å²) in [4.78, 5) is 12.2. The molecular weight excluding hydrogens is 298 g/mol. The molecule has 0 bridgehead atoms. The standard InChI is InChI=1S/C18H20F2N2O/c1-18(2,12-6-5-7-13(19)10-12)11-22-17(23)16(21)14-8-3-4-9-15(14)20/h3-10,16H,11,21H2,1-2H3,(H,22,23). The van der Waals surface area contributed by atoms with Crippen molar-refractivity contribution in [2.75, 3.05) is 6.54 Å². The zero-order chi connectivity index (χ0) is 17.0. The second kappa shape index (κ2) is 6.87. The van der Waals surface area contributed by atoms with Crippen LogP contribution in [0.15, 0.2) is 48.5 Å². The Balaban J connectivity index is 2.05. The van der Waals surface area contributed by atoms with E-state index in [0.717, 1.165) is 5.56 Å². The summed E-state index contributed by atoms with van der Waals surface area (Å²) in [7, 11) is 0. The van der Waals surface area contributed by atoms with Crippen LogP contribution in [-0.4, -0.2) is 12.5 Å². The van der Waals surface area contributed by atoms with E-state index in [-0.39, 0.29) is 17.9 Å². The molecule has 0 aliphatic carbocycles. The lowest BCUT2D eigenvalue weighted by Gasteiger charge is -2.26. The second-order valence-electron chi connectivity index (χ2n) is 6.11. The van der Waals surface area contributed by atoms with Crippen LogP contribution in [0.2, 0.25) is 0 Å². The molecule has 1 amide bonds. The molecule has 0 saturated carbocycles. The summed E-state index contributed by atoms with van der Waals surface area (Å²) in [6, 6.07) is 11.1. The van der Waals surface area contributed by atoms with Crippen LogP contribution < -0.4 is 11.1 Å². The number of benzene rings is 2. The summed E-state index contributed by atoms with van der Waals surface area (Å²) in [5.74, 6) is -1.32. The van der Waals surface area contributed by atoms with Gasteiger partial charge in [-0.05, 0) is 23.8 Å². The van der Waals surface area contributed by atoms with E-state index in [0.29, 0.717) is 0 Å². The number of carbonyl (C=O) groups excluding carboxylic acids is 1. The third-order valence-electron chi connectivity index (χ3n) is 3.83. The summed E-state index contributed by atoms with van der Waals surface area (Å²) in [5, 5.41) is 2.71. The Morgan fingerprint density at radius 3 is 2.52 bits per heavy atom. The lowest BCUT2D eigenvalue weighted by atomic mass is 9.84. The smallest absolute Gasteiger partial charge is 0.241 e. The topological polar surface area (TPSA) is 55.1 Å². The molecule has 122 valence electrons. The predicted molar refractivity (Wildman–Crippen MR) is 85.8 cm³/mol. The fourth-order valence-electron chi connectivity index (χ4n) is 2.30. The van der Waals surface area contributed by atoms with E-state index in [4.69, 9.17) is 5.73 Å². The molecule has 3 nitrogen and oxygen atoms in total. The van der Waals surface area contributed by atoms with Gasteiger partial charge in [0, 0.05) is 17.5 Å². The van der Waals surface area contributed by atoms with Gasteiger partial charge < -0.3 is 11.1 Å². The van der Waals surface area contributed by atoms with Crippen molar-refractivity contribution in [3.8, 4) is 0 Å². The van der Waals surface area contributed by atoms with Crippen molar-refractivity contribution in [2.45, 2.75) is 25.3 Å². The monoisotopic (exact) mass is 318 g/mol. The zero-order valence-corrected chi connectivity index (χ0v) is 13.1. The molecule has 0 saturated heterocycles. The van der Waals surface area contributed by atoms with Gasteiger partial charge in [-0.15, -0.1) is 0 Å². The van der Waals surface area contributed by atoms with Crippen molar-refractivity contribution in [3.05, 3.63) is 71.3 Å². The molecule has 0 radical (unpaired) electrons. The third kappa shape index (κ3) is 4.13. The Hall–Kier alpha value is -2.27. The molecule has 0 aliphatic heterocycles. The van der Waals surface area contributed by atoms with Gasteiger partial charge in [-0.3, -0.25) is 4.79 Å². The highest BCUT2D eigenvalue weighted by molar-refractivity contribution is 5.83. The molecule has 0 heterocycles. The molecule has 0 spiro atoms. The number of hydrogen-bond acceptors (Lipinski definition) is 2. The van der Waals surface area contributed by atoms with E-state index in [2.05, 4.69) is 5.32 Å². The highest BCUT2D eigenvalue weighted by Gasteiger charge is 2.25. The van der Waals surface area contributed by atoms with E-state index in [9.17, 15) is 13.6 Å². The maximum Gasteiger partial charge on any atom is 0.241 e. The Morgan fingerprint density at radius 2 is 1.87 bits per heavy atom. The highest BCUT2D eigenvalue weighted by Crippen LogP contribution is 2.23. The molecular formula is C18H20F2N2O. The number of nitrogens with two attached hydrogens (primary N) is 1. The van der Waals surface area contributed by atoms with Crippen molar-refractivity contribution < 1.29 is 13.6 Å². The number of nitrogens with one attached hydrogen (secondary N) is 1. The van der Waals surface area contributed by atoms with Gasteiger partial charge in [-0.2, -0.15) is 0 Å². The van der Waals surface area contributed by atoms with Gasteiger partial charge in [-0.1, -0.05) is 44.2 Å². The minimum absolute atomic E-state index is 0.147. The first kappa shape index (κ1) is 17.1. The van der Waals surface area contributed by atoms with E-state index < -0.39 is 23.2 Å². The maximum absolute atomic E-state index is 13.7. The van der Waals surface area contributed by atoms with Crippen LogP contribution >= 0.6 is 0 Å². The van der Waals surface area contributed by atoms with Crippen LogP contribution in [0.5, 0.6) is 0 Å². The van der Waals surface area contributed by atoms with Crippen molar-refractivity contribution in [1.82, 2.24) is 5.32 Å². The van der Waals surface area contributed by atoms with E-state index in [1.807, 2.05) is 13.8 Å². The maximum atomic E-state index is 13.7. The molecule has 2 aromatic rings. The van der Waals surface area contributed by atoms with Crippen molar-refractivity contribution >= 4 is 5.91 Å². The van der Waals surface area contributed by atoms with Gasteiger partial charge in [0.15, 0.2) is 0 Å². The number of amides is 1. The van der Waals surface area contributed by atoms with Crippen LogP contribution in [0.25, 0.3) is 0 Å². The van der Waals surface area contributed by atoms with Gasteiger partial charge in [0.2, 0.25) is 5.91 Å². The quantitative estimate of drug-likeness (QED) is 0.890. The van der Waals surface area contributed by atoms with E-state index in [1.54, 1.807) is 18.2 Å². The Labute approximate surface area is 134 Å². The Kier molecular flexibility index (Phi) is 5.11. The minimum Gasteiger partial charge on any atom is -0.354 e. The van der Waals surface area contributed by atoms with E-state index >= 15 is 0 Å². The largest absolute Gasteiger partial charge is 0.354 e. The SMILES string of the molecule is CC(C)(CNC(=O)C(N)c1ccccc1F)c1cccc(F)c1. The molecule has 1 unspecified atom stereocenters. The number of carbonyl (C=O) groups is 1. The first-order valence-corrected chi connectivity index (χ1v) is 7.35. The van der Waals surface area contributed by atoms with Gasteiger partial charge in [-0.25, -0.2) is 8.78 Å². The highest BCUT2D eigenvalue weighted by atomic mass is 19.1. The van der Waals surface area contributed by atoms with Crippen LogP contribution in [0.1, 0.15) is 31.0 Å². The van der Waals surface area contributed by atoms with Crippen molar-refractivity contribution in [1.29, 1.82) is 0 Å². The fraction of sp³-hybridized carbons (Fsp3) is 0.278. The summed E-state index contributed by atoms with van der Waals surface area (Å²) in [5.41, 5.74) is 6.25. The Bertz CT molecular complexity index is 701. The lowest BCUT2D eigenvalue weighted by molar-refractivity contribution is -0.122. The molecule has 3 N–H and O–H groups in total. The summed E-state index contributed by atoms with van der Waals surface area (Å²) in [6.07, 6.45) is 0. The van der Waals surface area contributed by atoms with Crippen LogP contribution in [0.4, 0.5) is 8.78 Å². The molecule has 2 rings (SSSR count). The van der Waals surface area contributed by atoms with Gasteiger partial charge >= 0.3 is 0 Å². The molecule has 23 heavy (non-hydrogen) atoms. The van der Waals surface area contributed by atoms with Crippen LogP contribution in [0.3, 0.4) is 0 Å². The molecule has 0 fully saturated rings. The van der Waals surface area contributed by atoms with Gasteiger partial charge in [0.05, 0.1) is 0 Å². The zero-order valence-electron chi connectivity index (χ0n) is 13.1. The third-order valence-corrected chi connectivity index (χ3v) is 3.83. The molecule has 5 heteroatoms. The Morgan fingerprint density at radius 1 is 1.17 bits per heavy atom. The fourth-order valence-corrected chi connectivity index (χ4v) is 2.30. The second-order valence-corrected chi connectivity index (χ2v) is 6.11. The van der Waals surface area contributed by atoms with Crippen LogP contribution in [0, 0.1) is 11.6 Å². The van der Waals surface area contributed by atoms with E-state index in [1.165, 1.54) is 30.3 Å². The summed E-state index contributed by atoms with van der Waals surface area (Å²) >= 11 is 0. The summed E-state index contributed by atoms with van der Waals surface area (Å²) < 4.78 is 27.0. The molecule has 0 aromatic heterocycles. The molecule has 0 aliphatic rings. The van der Waals surface area contributed by atoms with Crippen molar-refractivity contribution in [2.24, 2.45) is 5.73 Å². The molecule has 2 aromatic carbocycles. The number of hydrogen-bond donors (Lipinski definition) is 2. The first-order chi connectivity index (χ1) is 10.8. The minimum atomic E-state index is -1.08. The average Bonchev–Trinajstić information content (AvgIpc) is 2.52. The lowest BCUT2D eigenvalue weighted by Crippen LogP contribution is -2.41. The average molecular weight is 318 g/mol. The number of halogens is 2. The van der Waals surface area contributed by atoms with Crippen molar-refractivity contribution in [3.63, 3.8) is 0 Å². The van der Waals surface area contributed by atoms with Gasteiger partial charge in [0.1, 0.15) is 17.7 Å². The normalized spacial score (nSPS) is 12.7. The molecule has 1 atom stereocenters. The number of rotatable bonds is 5. The first-order valence-electron chi connectivity index (χ1n) is 7.35. The van der Waals surface area contributed by atoms with Crippen LogP contribution in [-0.2, 0) is 10.2 Å². The van der Waals surface area contributed by atoms with Gasteiger partial charge in [0.25, 0.3) is 0 Å². The predicted octanol–water partition coefficient (Wildman–Crippen LogP) is 3.06. The summed E-state index contributed by atoms with van der Waals surface area (Å²) in [6.45, 7) is 4.03.